The molecule has 1 amide bonds. The molecule has 0 bridgehead atoms. The molecule has 0 radical (unpaired) electrons. The van der Waals surface area contributed by atoms with E-state index >= 15 is 0 Å². The first kappa shape index (κ1) is 14.9. The molecule has 0 aromatic heterocycles. The smallest absolute Gasteiger partial charge is 0.239 e. The van der Waals surface area contributed by atoms with Crippen LogP contribution in [0.15, 0.2) is 24.3 Å². The maximum atomic E-state index is 13.8. The van der Waals surface area contributed by atoms with E-state index in [1.807, 2.05) is 13.8 Å². The molecule has 2 N–H and O–H groups in total. The van der Waals surface area contributed by atoms with Crippen molar-refractivity contribution in [3.63, 3.8) is 0 Å². The van der Waals surface area contributed by atoms with Crippen LogP contribution >= 0.6 is 0 Å². The molecule has 1 unspecified atom stereocenters. The van der Waals surface area contributed by atoms with E-state index in [0.29, 0.717) is 31.9 Å². The molecule has 5 heteroatoms. The van der Waals surface area contributed by atoms with Crippen molar-refractivity contribution in [2.75, 3.05) is 26.3 Å². The molecule has 0 aliphatic carbocycles. The highest BCUT2D eigenvalue weighted by Crippen LogP contribution is 2.24. The summed E-state index contributed by atoms with van der Waals surface area (Å²) in [6.45, 7) is 5.89. The lowest BCUT2D eigenvalue weighted by Gasteiger charge is -2.28. The standard InChI is InChI=1S/C15H21FN2O2/c1-15(2,11-5-3-4-6-12(11)16)10-18-14(19)13-9-20-8-7-17-13/h3-6,13,17H,7-10H2,1-2H3,(H,18,19). The largest absolute Gasteiger partial charge is 0.378 e. The summed E-state index contributed by atoms with van der Waals surface area (Å²) >= 11 is 0. The second-order valence-electron chi connectivity index (χ2n) is 5.66. The molecule has 0 saturated carbocycles. The molecule has 1 fully saturated rings. The highest BCUT2D eigenvalue weighted by molar-refractivity contribution is 5.82. The van der Waals surface area contributed by atoms with E-state index < -0.39 is 5.41 Å². The second-order valence-corrected chi connectivity index (χ2v) is 5.66. The van der Waals surface area contributed by atoms with Gasteiger partial charge in [-0.1, -0.05) is 32.0 Å². The molecule has 1 saturated heterocycles. The minimum absolute atomic E-state index is 0.103. The molecule has 1 aliphatic rings. The van der Waals surface area contributed by atoms with Crippen LogP contribution in [0.25, 0.3) is 0 Å². The van der Waals surface area contributed by atoms with Crippen molar-refractivity contribution in [2.45, 2.75) is 25.3 Å². The van der Waals surface area contributed by atoms with E-state index in [1.54, 1.807) is 18.2 Å². The fourth-order valence-electron chi connectivity index (χ4n) is 2.27. The Kier molecular flexibility index (Phi) is 4.73. The number of ether oxygens (including phenoxy) is 1. The molecule has 4 nitrogen and oxygen atoms in total. The summed E-state index contributed by atoms with van der Waals surface area (Å²) in [6.07, 6.45) is 0. The molecule has 0 spiro atoms. The average molecular weight is 280 g/mol. The summed E-state index contributed by atoms with van der Waals surface area (Å²) < 4.78 is 19.1. The van der Waals surface area contributed by atoms with Gasteiger partial charge in [0.25, 0.3) is 0 Å². The maximum Gasteiger partial charge on any atom is 0.239 e. The first-order chi connectivity index (χ1) is 9.50. The van der Waals surface area contributed by atoms with E-state index in [-0.39, 0.29) is 17.8 Å². The van der Waals surface area contributed by atoms with Gasteiger partial charge in [0, 0.05) is 18.5 Å². The van der Waals surface area contributed by atoms with Gasteiger partial charge in [0.1, 0.15) is 11.9 Å². The monoisotopic (exact) mass is 280 g/mol. The van der Waals surface area contributed by atoms with Crippen molar-refractivity contribution >= 4 is 5.91 Å². The molecule has 2 rings (SSSR count). The quantitative estimate of drug-likeness (QED) is 0.871. The number of hydrogen-bond acceptors (Lipinski definition) is 3. The lowest BCUT2D eigenvalue weighted by atomic mass is 9.84. The third kappa shape index (κ3) is 3.55. The molecular formula is C15H21FN2O2. The van der Waals surface area contributed by atoms with Crippen LogP contribution in [0.1, 0.15) is 19.4 Å². The normalized spacial score (nSPS) is 19.6. The molecule has 20 heavy (non-hydrogen) atoms. The van der Waals surface area contributed by atoms with Crippen molar-refractivity contribution < 1.29 is 13.9 Å². The Morgan fingerprint density at radius 2 is 2.25 bits per heavy atom. The lowest BCUT2D eigenvalue weighted by molar-refractivity contribution is -0.126. The third-order valence-corrected chi connectivity index (χ3v) is 3.55. The van der Waals surface area contributed by atoms with Gasteiger partial charge in [0.05, 0.1) is 13.2 Å². The topological polar surface area (TPSA) is 50.4 Å². The highest BCUT2D eigenvalue weighted by Gasteiger charge is 2.27. The van der Waals surface area contributed by atoms with Gasteiger partial charge >= 0.3 is 0 Å². The number of morpholine rings is 1. The van der Waals surface area contributed by atoms with Crippen LogP contribution < -0.4 is 10.6 Å². The van der Waals surface area contributed by atoms with E-state index in [9.17, 15) is 9.18 Å². The number of amides is 1. The lowest BCUT2D eigenvalue weighted by Crippen LogP contribution is -2.52. The number of halogens is 1. The molecule has 1 aliphatic heterocycles. The van der Waals surface area contributed by atoms with Gasteiger partial charge in [-0.2, -0.15) is 0 Å². The Morgan fingerprint density at radius 3 is 2.90 bits per heavy atom. The van der Waals surface area contributed by atoms with Crippen LogP contribution in [0.3, 0.4) is 0 Å². The third-order valence-electron chi connectivity index (χ3n) is 3.55. The van der Waals surface area contributed by atoms with E-state index in [4.69, 9.17) is 4.74 Å². The average Bonchev–Trinajstić information content (AvgIpc) is 2.46. The van der Waals surface area contributed by atoms with Crippen LogP contribution in [0.5, 0.6) is 0 Å². The minimum Gasteiger partial charge on any atom is -0.378 e. The summed E-state index contributed by atoms with van der Waals surface area (Å²) in [6, 6.07) is 6.34. The van der Waals surface area contributed by atoms with Gasteiger partial charge in [-0.3, -0.25) is 4.79 Å². The molecule has 1 aromatic rings. The summed E-state index contributed by atoms with van der Waals surface area (Å²) in [7, 11) is 0. The van der Waals surface area contributed by atoms with Crippen LogP contribution in [0.2, 0.25) is 0 Å². The number of carbonyl (C=O) groups is 1. The number of benzene rings is 1. The minimum atomic E-state index is -0.462. The number of nitrogens with one attached hydrogen (secondary N) is 2. The number of carbonyl (C=O) groups excluding carboxylic acids is 1. The van der Waals surface area contributed by atoms with Crippen molar-refractivity contribution in [3.8, 4) is 0 Å². The Hall–Kier alpha value is -1.46. The predicted octanol–water partition coefficient (Wildman–Crippen LogP) is 1.21. The highest BCUT2D eigenvalue weighted by atomic mass is 19.1. The molecule has 1 heterocycles. The molecule has 1 atom stereocenters. The van der Waals surface area contributed by atoms with Crippen LogP contribution in [0, 0.1) is 5.82 Å². The van der Waals surface area contributed by atoms with E-state index in [1.165, 1.54) is 6.07 Å². The Balaban J connectivity index is 1.95. The van der Waals surface area contributed by atoms with Crippen LogP contribution in [-0.2, 0) is 14.9 Å². The predicted molar refractivity (Wildman–Crippen MR) is 75.0 cm³/mol. The van der Waals surface area contributed by atoms with Gasteiger partial charge < -0.3 is 15.4 Å². The summed E-state index contributed by atoms with van der Waals surface area (Å²) in [5.41, 5.74) is 0.143. The van der Waals surface area contributed by atoms with Gasteiger partial charge in [0.15, 0.2) is 0 Å². The Bertz CT molecular complexity index is 471. The first-order valence-electron chi connectivity index (χ1n) is 6.84. The SMILES string of the molecule is CC(C)(CNC(=O)C1COCCN1)c1ccccc1F. The Morgan fingerprint density at radius 1 is 1.50 bits per heavy atom. The number of hydrogen-bond donors (Lipinski definition) is 2. The van der Waals surface area contributed by atoms with Gasteiger partial charge in [-0.15, -0.1) is 0 Å². The zero-order chi connectivity index (χ0) is 14.6. The van der Waals surface area contributed by atoms with E-state index in [0.717, 1.165) is 0 Å². The fraction of sp³-hybridized carbons (Fsp3) is 0.533. The zero-order valence-electron chi connectivity index (χ0n) is 11.9. The summed E-state index contributed by atoms with van der Waals surface area (Å²) in [5.74, 6) is -0.347. The zero-order valence-corrected chi connectivity index (χ0v) is 11.9. The van der Waals surface area contributed by atoms with Crippen molar-refractivity contribution in [3.05, 3.63) is 35.6 Å². The van der Waals surface area contributed by atoms with Gasteiger partial charge in [0.2, 0.25) is 5.91 Å². The Labute approximate surface area is 118 Å². The van der Waals surface area contributed by atoms with Crippen molar-refractivity contribution in [1.82, 2.24) is 10.6 Å². The summed E-state index contributed by atoms with van der Waals surface area (Å²) in [5, 5.41) is 5.97. The maximum absolute atomic E-state index is 13.8. The van der Waals surface area contributed by atoms with Crippen molar-refractivity contribution in [2.24, 2.45) is 0 Å². The number of rotatable bonds is 4. The molecular weight excluding hydrogens is 259 g/mol. The second kappa shape index (κ2) is 6.33. The first-order valence-corrected chi connectivity index (χ1v) is 6.84. The summed E-state index contributed by atoms with van der Waals surface area (Å²) in [4.78, 5) is 12.0. The molecule has 110 valence electrons. The van der Waals surface area contributed by atoms with Gasteiger partial charge in [-0.05, 0) is 11.6 Å². The van der Waals surface area contributed by atoms with Gasteiger partial charge in [-0.25, -0.2) is 4.39 Å². The van der Waals surface area contributed by atoms with E-state index in [2.05, 4.69) is 10.6 Å². The molecule has 1 aromatic carbocycles. The van der Waals surface area contributed by atoms with Crippen LogP contribution in [0.4, 0.5) is 4.39 Å². The fourth-order valence-corrected chi connectivity index (χ4v) is 2.27. The van der Waals surface area contributed by atoms with Crippen LogP contribution in [-0.4, -0.2) is 38.3 Å². The van der Waals surface area contributed by atoms with Crippen molar-refractivity contribution in [1.29, 1.82) is 0 Å².